The standard InChI is InChI=1S/C28H18BrClN2O4S/c29-25-19-9-3-1-7-17(19)13-14-22(25)35-16-24(33)32-31-15-18-8-2-5-11-21(18)36-28(34)27-26(30)20-10-4-6-12-23(20)37-27/h1-15H,16H2,(H,32,33)/b31-15+. The number of carbonyl (C=O) groups is 2. The monoisotopic (exact) mass is 592 g/mol. The van der Waals surface area contributed by atoms with Crippen molar-refractivity contribution in [2.45, 2.75) is 0 Å². The van der Waals surface area contributed by atoms with Crippen molar-refractivity contribution in [3.8, 4) is 11.5 Å². The normalized spacial score (nSPS) is 11.2. The summed E-state index contributed by atoms with van der Waals surface area (Å²) in [5, 5.41) is 7.20. The second kappa shape index (κ2) is 11.1. The molecule has 1 N–H and O–H groups in total. The van der Waals surface area contributed by atoms with Crippen LogP contribution in [0.5, 0.6) is 11.5 Å². The number of hydrogen-bond acceptors (Lipinski definition) is 6. The Kier molecular flexibility index (Phi) is 7.50. The lowest BCUT2D eigenvalue weighted by molar-refractivity contribution is -0.123. The Bertz CT molecular complexity index is 1670. The van der Waals surface area contributed by atoms with Gasteiger partial charge in [0, 0.05) is 15.6 Å². The first kappa shape index (κ1) is 25.0. The van der Waals surface area contributed by atoms with E-state index >= 15 is 0 Å². The molecule has 0 spiro atoms. The van der Waals surface area contributed by atoms with Crippen LogP contribution in [0.15, 0.2) is 94.5 Å². The topological polar surface area (TPSA) is 77.0 Å². The van der Waals surface area contributed by atoms with Crippen molar-refractivity contribution in [2.75, 3.05) is 6.61 Å². The highest BCUT2D eigenvalue weighted by atomic mass is 79.9. The fourth-order valence-corrected chi connectivity index (χ4v) is 5.64. The van der Waals surface area contributed by atoms with Crippen LogP contribution in [0.2, 0.25) is 5.02 Å². The van der Waals surface area contributed by atoms with Crippen LogP contribution in [-0.2, 0) is 4.79 Å². The fourth-order valence-electron chi connectivity index (χ4n) is 3.65. The van der Waals surface area contributed by atoms with Gasteiger partial charge in [-0.2, -0.15) is 5.10 Å². The molecule has 1 heterocycles. The number of benzene rings is 4. The van der Waals surface area contributed by atoms with Crippen LogP contribution in [-0.4, -0.2) is 24.7 Å². The molecule has 5 rings (SSSR count). The van der Waals surface area contributed by atoms with Crippen molar-refractivity contribution in [1.82, 2.24) is 5.43 Å². The van der Waals surface area contributed by atoms with E-state index in [1.54, 1.807) is 30.3 Å². The fraction of sp³-hybridized carbons (Fsp3) is 0.0357. The summed E-state index contributed by atoms with van der Waals surface area (Å²) in [6.45, 7) is -0.227. The van der Waals surface area contributed by atoms with E-state index in [1.165, 1.54) is 17.6 Å². The first-order chi connectivity index (χ1) is 18.0. The number of hydrogen-bond donors (Lipinski definition) is 1. The third-order valence-electron chi connectivity index (χ3n) is 5.42. The van der Waals surface area contributed by atoms with Gasteiger partial charge in [0.2, 0.25) is 0 Å². The number of thiophene rings is 1. The molecule has 0 saturated heterocycles. The lowest BCUT2D eigenvalue weighted by atomic mass is 10.1. The number of hydrazone groups is 1. The first-order valence-electron chi connectivity index (χ1n) is 11.1. The maximum absolute atomic E-state index is 12.8. The van der Waals surface area contributed by atoms with Gasteiger partial charge in [-0.05, 0) is 51.0 Å². The van der Waals surface area contributed by atoms with Crippen LogP contribution in [0, 0.1) is 0 Å². The van der Waals surface area contributed by atoms with Gasteiger partial charge < -0.3 is 9.47 Å². The highest BCUT2D eigenvalue weighted by molar-refractivity contribution is 9.10. The predicted molar refractivity (Wildman–Crippen MR) is 151 cm³/mol. The van der Waals surface area contributed by atoms with Gasteiger partial charge >= 0.3 is 5.97 Å². The Morgan fingerprint density at radius 3 is 2.49 bits per heavy atom. The molecule has 0 aliphatic heterocycles. The van der Waals surface area contributed by atoms with Gasteiger partial charge in [0.05, 0.1) is 15.7 Å². The SMILES string of the molecule is O=C(COc1ccc2ccccc2c1Br)N/N=C/c1ccccc1OC(=O)c1sc2ccccc2c1Cl. The van der Waals surface area contributed by atoms with Crippen molar-refractivity contribution in [2.24, 2.45) is 5.10 Å². The van der Waals surface area contributed by atoms with Crippen molar-refractivity contribution < 1.29 is 19.1 Å². The Balaban J connectivity index is 1.22. The summed E-state index contributed by atoms with van der Waals surface area (Å²) in [6, 6.07) is 26.0. The molecule has 0 bridgehead atoms. The molecule has 0 saturated carbocycles. The molecule has 0 unspecified atom stereocenters. The molecule has 1 aromatic heterocycles. The Labute approximate surface area is 229 Å². The van der Waals surface area contributed by atoms with Crippen LogP contribution in [0.25, 0.3) is 20.9 Å². The van der Waals surface area contributed by atoms with Gasteiger partial charge in [-0.3, -0.25) is 4.79 Å². The van der Waals surface area contributed by atoms with Crippen LogP contribution >= 0.6 is 38.9 Å². The summed E-state index contributed by atoms with van der Waals surface area (Å²) in [5.41, 5.74) is 2.93. The van der Waals surface area contributed by atoms with Gasteiger partial charge in [-0.1, -0.05) is 72.3 Å². The van der Waals surface area contributed by atoms with Crippen LogP contribution in [0.4, 0.5) is 0 Å². The molecule has 0 aliphatic carbocycles. The van der Waals surface area contributed by atoms with Gasteiger partial charge in [0.1, 0.15) is 16.4 Å². The maximum atomic E-state index is 12.8. The number of nitrogens with one attached hydrogen (secondary N) is 1. The van der Waals surface area contributed by atoms with Crippen LogP contribution in [0.3, 0.4) is 0 Å². The molecule has 184 valence electrons. The zero-order valence-corrected chi connectivity index (χ0v) is 22.3. The summed E-state index contributed by atoms with van der Waals surface area (Å²) >= 11 is 11.2. The molecule has 9 heteroatoms. The smallest absolute Gasteiger partial charge is 0.355 e. The Morgan fingerprint density at radius 2 is 1.65 bits per heavy atom. The van der Waals surface area contributed by atoms with Crippen molar-refractivity contribution in [3.05, 3.63) is 105 Å². The number of carbonyl (C=O) groups excluding carboxylic acids is 2. The summed E-state index contributed by atoms with van der Waals surface area (Å²) in [4.78, 5) is 25.4. The highest BCUT2D eigenvalue weighted by Gasteiger charge is 2.19. The predicted octanol–water partition coefficient (Wildman–Crippen LogP) is 7.22. The molecular formula is C28H18BrClN2O4S. The zero-order valence-electron chi connectivity index (χ0n) is 19.1. The zero-order chi connectivity index (χ0) is 25.8. The van der Waals surface area contributed by atoms with E-state index < -0.39 is 11.9 Å². The molecule has 1 amide bonds. The molecule has 0 aliphatic rings. The lowest BCUT2D eigenvalue weighted by Crippen LogP contribution is -2.24. The molecule has 0 radical (unpaired) electrons. The van der Waals surface area contributed by atoms with E-state index in [9.17, 15) is 9.59 Å². The average Bonchev–Trinajstić information content (AvgIpc) is 3.26. The molecular weight excluding hydrogens is 576 g/mol. The number of rotatable bonds is 7. The Hall–Kier alpha value is -3.72. The van der Waals surface area contributed by atoms with E-state index in [-0.39, 0.29) is 12.4 Å². The number of fused-ring (bicyclic) bond motifs is 2. The highest BCUT2D eigenvalue weighted by Crippen LogP contribution is 2.36. The minimum absolute atomic E-state index is 0.227. The maximum Gasteiger partial charge on any atom is 0.355 e. The second-order valence-electron chi connectivity index (χ2n) is 7.85. The number of halogens is 2. The van der Waals surface area contributed by atoms with Crippen molar-refractivity contribution in [1.29, 1.82) is 0 Å². The minimum atomic E-state index is -0.564. The van der Waals surface area contributed by atoms with Gasteiger partial charge in [-0.15, -0.1) is 11.3 Å². The van der Waals surface area contributed by atoms with E-state index in [0.29, 0.717) is 21.2 Å². The third-order valence-corrected chi connectivity index (χ3v) is 7.89. The summed E-state index contributed by atoms with van der Waals surface area (Å²) in [6.07, 6.45) is 1.40. The lowest BCUT2D eigenvalue weighted by Gasteiger charge is -2.09. The largest absolute Gasteiger partial charge is 0.483 e. The number of ether oxygens (including phenoxy) is 2. The van der Waals surface area contributed by atoms with Crippen LogP contribution in [0.1, 0.15) is 15.2 Å². The van der Waals surface area contributed by atoms with E-state index in [1.807, 2.05) is 54.6 Å². The molecule has 6 nitrogen and oxygen atoms in total. The number of para-hydroxylation sites is 1. The molecule has 37 heavy (non-hydrogen) atoms. The summed E-state index contributed by atoms with van der Waals surface area (Å²) < 4.78 is 12.9. The van der Waals surface area contributed by atoms with Crippen LogP contribution < -0.4 is 14.9 Å². The summed E-state index contributed by atoms with van der Waals surface area (Å²) in [7, 11) is 0. The minimum Gasteiger partial charge on any atom is -0.483 e. The van der Waals surface area contributed by atoms with Gasteiger partial charge in [0.15, 0.2) is 6.61 Å². The van der Waals surface area contributed by atoms with E-state index in [2.05, 4.69) is 26.5 Å². The quantitative estimate of drug-likeness (QED) is 0.0936. The number of amides is 1. The van der Waals surface area contributed by atoms with E-state index in [0.717, 1.165) is 25.3 Å². The van der Waals surface area contributed by atoms with E-state index in [4.69, 9.17) is 21.1 Å². The molecule has 0 atom stereocenters. The summed E-state index contributed by atoms with van der Waals surface area (Å²) in [5.74, 6) is -0.168. The third kappa shape index (κ3) is 5.51. The van der Waals surface area contributed by atoms with Crippen molar-refractivity contribution >= 4 is 77.8 Å². The van der Waals surface area contributed by atoms with Gasteiger partial charge in [0.25, 0.3) is 5.91 Å². The van der Waals surface area contributed by atoms with Crippen molar-refractivity contribution in [3.63, 3.8) is 0 Å². The second-order valence-corrected chi connectivity index (χ2v) is 10.1. The molecule has 4 aromatic carbocycles. The first-order valence-corrected chi connectivity index (χ1v) is 13.1. The molecule has 0 fully saturated rings. The Morgan fingerprint density at radius 1 is 0.919 bits per heavy atom. The number of nitrogens with zero attached hydrogens (tertiary/aromatic N) is 1. The van der Waals surface area contributed by atoms with Gasteiger partial charge in [-0.25, -0.2) is 10.2 Å². The average molecular weight is 594 g/mol. The number of esters is 1. The molecule has 5 aromatic rings.